The number of hydrogen-bond acceptors (Lipinski definition) is 11. The molecule has 0 heterocycles. The first kappa shape index (κ1) is 27.8. The number of carboxylic acids is 1. The van der Waals surface area contributed by atoms with Crippen molar-refractivity contribution in [2.24, 2.45) is 17.6 Å². The van der Waals surface area contributed by atoms with Gasteiger partial charge in [0.15, 0.2) is 11.4 Å². The first-order valence-corrected chi connectivity index (χ1v) is 12.0. The molecule has 0 saturated heterocycles. The zero-order chi connectivity index (χ0) is 29.1. The molecule has 1 amide bonds. The summed E-state index contributed by atoms with van der Waals surface area (Å²) in [5.41, 5.74) is 0.990. The Morgan fingerprint density at radius 3 is 2.31 bits per heavy atom. The van der Waals surface area contributed by atoms with Gasteiger partial charge in [-0.2, -0.15) is 0 Å². The lowest BCUT2D eigenvalue weighted by Crippen LogP contribution is -2.71. The Balaban J connectivity index is 2.05. The van der Waals surface area contributed by atoms with Crippen LogP contribution in [0.3, 0.4) is 0 Å². The maximum atomic E-state index is 14.0. The Hall–Kier alpha value is -4.23. The molecule has 1 aromatic rings. The zero-order valence-corrected chi connectivity index (χ0v) is 21.2. The summed E-state index contributed by atoms with van der Waals surface area (Å²) in [6.45, 7) is 1.62. The molecule has 0 spiro atoms. The van der Waals surface area contributed by atoms with Gasteiger partial charge in [-0.05, 0) is 31.6 Å². The van der Waals surface area contributed by atoms with Crippen LogP contribution < -0.4 is 5.73 Å². The van der Waals surface area contributed by atoms with Gasteiger partial charge in [-0.15, -0.1) is 0 Å². The molecule has 6 atom stereocenters. The number of fused-ring (bicyclic) bond motifs is 3. The van der Waals surface area contributed by atoms with Crippen molar-refractivity contribution in [1.82, 2.24) is 4.90 Å². The van der Waals surface area contributed by atoms with E-state index in [2.05, 4.69) is 0 Å². The first-order chi connectivity index (χ1) is 18.2. The lowest BCUT2D eigenvalue weighted by Gasteiger charge is -2.54. The number of carboxylic acid groups (broad SMARTS) is 1. The maximum absolute atomic E-state index is 14.0. The third-order valence-electron chi connectivity index (χ3n) is 7.78. The molecule has 3 aliphatic rings. The highest BCUT2D eigenvalue weighted by Crippen LogP contribution is 2.56. The van der Waals surface area contributed by atoms with Crippen molar-refractivity contribution in [3.63, 3.8) is 0 Å². The van der Waals surface area contributed by atoms with E-state index in [9.17, 15) is 44.4 Å². The van der Waals surface area contributed by atoms with E-state index in [1.54, 1.807) is 13.0 Å². The van der Waals surface area contributed by atoms with E-state index < -0.39 is 100 Å². The van der Waals surface area contributed by atoms with Crippen molar-refractivity contribution in [1.29, 1.82) is 0 Å². The number of carbonyl (C=O) groups excluding carboxylic acids is 4. The number of nitrogens with zero attached hydrogens (tertiary/aromatic N) is 1. The summed E-state index contributed by atoms with van der Waals surface area (Å²) in [6, 6.07) is 2.81. The number of Topliss-reactive ketones (excluding diaryl/α,β-unsaturated/α-hetero) is 2. The number of likely N-dealkylation sites (N-methyl/N-ethyl adjacent to an activating group) is 1. The number of nitrogens with two attached hydrogens (primary N) is 1. The number of hydrogen-bond donors (Lipinski definition) is 6. The minimum absolute atomic E-state index is 0.114. The number of benzene rings is 1. The third kappa shape index (κ3) is 3.96. The molecule has 0 aromatic heterocycles. The van der Waals surface area contributed by atoms with Crippen molar-refractivity contribution < 1.29 is 54.2 Å². The van der Waals surface area contributed by atoms with Gasteiger partial charge in [0.2, 0.25) is 5.78 Å². The average Bonchev–Trinajstić information content (AvgIpc) is 2.84. The number of aromatic hydroxyl groups is 1. The fourth-order valence-corrected chi connectivity index (χ4v) is 6.11. The average molecular weight is 545 g/mol. The number of rotatable bonds is 6. The molecule has 6 unspecified atom stereocenters. The quantitative estimate of drug-likeness (QED) is 0.204. The standard InChI is InChI=1S/C26H28N2O11/c1-9-10-5-4-6-11(29)15(10)20(33)16-14(9)22(39-13(32)8-7-12(30)31)18-19(28(2)3)21(34)17(25(27)37)24(36)26(18,38)23(16)35/h4-6,9,14,18-19,22,29,33,36,38H,7-8H2,1-3H3,(H2,27,37)(H,30,31). The molecule has 1 saturated carbocycles. The topological polar surface area (TPSA) is 225 Å². The minimum Gasteiger partial charge on any atom is -0.508 e. The fourth-order valence-electron chi connectivity index (χ4n) is 6.11. The number of aliphatic hydroxyl groups excluding tert-OH is 2. The highest BCUT2D eigenvalue weighted by Gasteiger charge is 2.69. The van der Waals surface area contributed by atoms with Crippen LogP contribution in [-0.4, -0.2) is 91.7 Å². The Kier molecular flexibility index (Phi) is 6.77. The van der Waals surface area contributed by atoms with Gasteiger partial charge in [-0.25, -0.2) is 0 Å². The molecule has 1 aromatic carbocycles. The molecule has 0 radical (unpaired) electrons. The van der Waals surface area contributed by atoms with Gasteiger partial charge >= 0.3 is 11.9 Å². The van der Waals surface area contributed by atoms with Gasteiger partial charge < -0.3 is 36.0 Å². The third-order valence-corrected chi connectivity index (χ3v) is 7.78. The van der Waals surface area contributed by atoms with Gasteiger partial charge in [0.25, 0.3) is 5.91 Å². The summed E-state index contributed by atoms with van der Waals surface area (Å²) in [6.07, 6.45) is -2.79. The summed E-state index contributed by atoms with van der Waals surface area (Å²) >= 11 is 0. The fraction of sp³-hybridized carbons (Fsp3) is 0.423. The molecule has 0 bridgehead atoms. The normalized spacial score (nSPS) is 30.0. The van der Waals surface area contributed by atoms with Gasteiger partial charge in [-0.3, -0.25) is 28.9 Å². The Morgan fingerprint density at radius 2 is 1.74 bits per heavy atom. The summed E-state index contributed by atoms with van der Waals surface area (Å²) in [4.78, 5) is 64.8. The smallest absolute Gasteiger partial charge is 0.306 e. The zero-order valence-electron chi connectivity index (χ0n) is 21.2. The number of ether oxygens (including phenoxy) is 1. The van der Waals surface area contributed by atoms with Gasteiger partial charge in [-0.1, -0.05) is 19.1 Å². The number of primary amides is 1. The van der Waals surface area contributed by atoms with Crippen LogP contribution in [-0.2, 0) is 28.7 Å². The monoisotopic (exact) mass is 544 g/mol. The number of esters is 1. The Labute approximate surface area is 221 Å². The molecule has 3 aliphatic carbocycles. The van der Waals surface area contributed by atoms with Crippen molar-refractivity contribution >= 4 is 35.2 Å². The van der Waals surface area contributed by atoms with Crippen molar-refractivity contribution in [2.75, 3.05) is 14.1 Å². The summed E-state index contributed by atoms with van der Waals surface area (Å²) < 4.78 is 5.68. The van der Waals surface area contributed by atoms with Crippen LogP contribution in [0.25, 0.3) is 5.76 Å². The summed E-state index contributed by atoms with van der Waals surface area (Å²) in [7, 11) is 2.80. The van der Waals surface area contributed by atoms with Crippen LogP contribution in [0, 0.1) is 11.8 Å². The number of phenolic OH excluding ortho intramolecular Hbond substituents is 1. The predicted molar refractivity (Wildman–Crippen MR) is 131 cm³/mol. The summed E-state index contributed by atoms with van der Waals surface area (Å²) in [5.74, 6) is -12.2. The number of aliphatic carboxylic acids is 1. The molecular formula is C26H28N2O11. The number of amides is 1. The van der Waals surface area contributed by atoms with Crippen LogP contribution in [0.4, 0.5) is 0 Å². The van der Waals surface area contributed by atoms with E-state index >= 15 is 0 Å². The molecule has 7 N–H and O–H groups in total. The molecule has 39 heavy (non-hydrogen) atoms. The van der Waals surface area contributed by atoms with Crippen LogP contribution in [0.5, 0.6) is 5.75 Å². The molecular weight excluding hydrogens is 516 g/mol. The van der Waals surface area contributed by atoms with Gasteiger partial charge in [0.1, 0.15) is 28.9 Å². The first-order valence-electron chi connectivity index (χ1n) is 12.0. The molecule has 4 rings (SSSR count). The number of carbonyl (C=O) groups is 5. The van der Waals surface area contributed by atoms with Gasteiger partial charge in [0.05, 0.1) is 30.4 Å². The molecule has 0 aliphatic heterocycles. The molecule has 13 heteroatoms. The van der Waals surface area contributed by atoms with Crippen molar-refractivity contribution in [3.8, 4) is 5.75 Å². The number of ketones is 2. The Morgan fingerprint density at radius 1 is 1.10 bits per heavy atom. The van der Waals surface area contributed by atoms with Crippen LogP contribution >= 0.6 is 0 Å². The van der Waals surface area contributed by atoms with Crippen LogP contribution in [0.1, 0.15) is 36.8 Å². The molecule has 13 nitrogen and oxygen atoms in total. The maximum Gasteiger partial charge on any atom is 0.306 e. The van der Waals surface area contributed by atoms with Crippen molar-refractivity contribution in [2.45, 2.75) is 43.4 Å². The van der Waals surface area contributed by atoms with E-state index in [0.717, 1.165) is 0 Å². The lowest BCUT2D eigenvalue weighted by atomic mass is 9.54. The lowest BCUT2D eigenvalue weighted by molar-refractivity contribution is -0.185. The van der Waals surface area contributed by atoms with Crippen LogP contribution in [0.2, 0.25) is 0 Å². The second kappa shape index (κ2) is 9.50. The van der Waals surface area contributed by atoms with E-state index in [0.29, 0.717) is 5.56 Å². The number of phenols is 1. The number of aliphatic hydroxyl groups is 3. The Bertz CT molecular complexity index is 1380. The predicted octanol–water partition coefficient (Wildman–Crippen LogP) is -0.0885. The second-order valence-corrected chi connectivity index (χ2v) is 10.1. The molecule has 208 valence electrons. The van der Waals surface area contributed by atoms with E-state index in [1.807, 2.05) is 0 Å². The highest BCUT2D eigenvalue weighted by atomic mass is 16.5. The van der Waals surface area contributed by atoms with Gasteiger partial charge in [0, 0.05) is 11.5 Å². The largest absolute Gasteiger partial charge is 0.508 e. The van der Waals surface area contributed by atoms with Crippen LogP contribution in [0.15, 0.2) is 35.1 Å². The SMILES string of the molecule is CC1c2cccc(O)c2C(O)=C2C(=O)C3(O)C(O)=C(C(N)=O)C(=O)C(N(C)C)C3C(OC(=O)CCC(=O)O)C21. The van der Waals surface area contributed by atoms with E-state index in [4.69, 9.17) is 15.6 Å². The second-order valence-electron chi connectivity index (χ2n) is 10.1. The van der Waals surface area contributed by atoms with E-state index in [-0.39, 0.29) is 11.3 Å². The molecule has 1 fully saturated rings. The summed E-state index contributed by atoms with van der Waals surface area (Å²) in [5, 5.41) is 53.7. The highest BCUT2D eigenvalue weighted by molar-refractivity contribution is 6.24. The minimum atomic E-state index is -3.06. The van der Waals surface area contributed by atoms with E-state index in [1.165, 1.54) is 31.1 Å². The van der Waals surface area contributed by atoms with Crippen molar-refractivity contribution in [3.05, 3.63) is 46.2 Å².